The van der Waals surface area contributed by atoms with Crippen molar-refractivity contribution in [1.29, 1.82) is 0 Å². The first-order valence-corrected chi connectivity index (χ1v) is 4.88. The molecule has 0 saturated heterocycles. The number of benzene rings is 1. The van der Waals surface area contributed by atoms with Crippen LogP contribution >= 0.6 is 11.3 Å². The summed E-state index contributed by atoms with van der Waals surface area (Å²) in [6, 6.07) is 5.28. The molecule has 0 unspecified atom stereocenters. The molecule has 2 aromatic rings. The largest absolute Gasteiger partial charge is 0.489 e. The minimum absolute atomic E-state index is 0.291. The molecule has 4 heteroatoms. The van der Waals surface area contributed by atoms with E-state index in [2.05, 4.69) is 6.58 Å². The highest BCUT2D eigenvalue weighted by Gasteiger charge is 2.02. The molecular weight excluding hydrogens is 200 g/mol. The van der Waals surface area contributed by atoms with E-state index < -0.39 is 0 Å². The first-order valence-electron chi connectivity index (χ1n) is 4.07. The highest BCUT2D eigenvalue weighted by atomic mass is 32.1. The van der Waals surface area contributed by atoms with Crippen molar-refractivity contribution in [2.24, 2.45) is 0 Å². The zero-order valence-corrected chi connectivity index (χ0v) is 8.17. The Morgan fingerprint density at radius 1 is 1.57 bits per heavy atom. The Labute approximate surface area is 84.2 Å². The van der Waals surface area contributed by atoms with Gasteiger partial charge in [-0.25, -0.2) is 4.79 Å². The van der Waals surface area contributed by atoms with Crippen LogP contribution in [0, 0.1) is 0 Å². The Balaban J connectivity index is 2.40. The molecule has 2 rings (SSSR count). The molecule has 0 aliphatic rings. The van der Waals surface area contributed by atoms with Gasteiger partial charge in [-0.1, -0.05) is 24.0 Å². The van der Waals surface area contributed by atoms with Crippen molar-refractivity contribution in [2.45, 2.75) is 0 Å². The number of hydrogen-bond donors (Lipinski definition) is 0. The van der Waals surface area contributed by atoms with E-state index in [0.29, 0.717) is 12.2 Å². The maximum Gasteiger partial charge on any atom is 0.396 e. The van der Waals surface area contributed by atoms with Crippen LogP contribution in [0.3, 0.4) is 0 Å². The van der Waals surface area contributed by atoms with E-state index in [1.54, 1.807) is 24.3 Å². The van der Waals surface area contributed by atoms with Crippen molar-refractivity contribution in [2.75, 3.05) is 6.61 Å². The van der Waals surface area contributed by atoms with E-state index in [9.17, 15) is 4.79 Å². The van der Waals surface area contributed by atoms with Crippen molar-refractivity contribution in [1.82, 2.24) is 0 Å². The van der Waals surface area contributed by atoms with Crippen molar-refractivity contribution in [3.05, 3.63) is 40.6 Å². The molecule has 0 atom stereocenters. The van der Waals surface area contributed by atoms with Crippen LogP contribution in [-0.2, 0) is 0 Å². The van der Waals surface area contributed by atoms with Gasteiger partial charge in [0.1, 0.15) is 17.9 Å². The Morgan fingerprint density at radius 2 is 2.43 bits per heavy atom. The van der Waals surface area contributed by atoms with Gasteiger partial charge < -0.3 is 9.15 Å². The van der Waals surface area contributed by atoms with E-state index in [4.69, 9.17) is 9.15 Å². The third kappa shape index (κ3) is 1.70. The number of rotatable bonds is 3. The van der Waals surface area contributed by atoms with E-state index in [0.717, 1.165) is 21.8 Å². The Bertz CT molecular complexity index is 509. The normalized spacial score (nSPS) is 10.3. The molecule has 0 bridgehead atoms. The van der Waals surface area contributed by atoms with E-state index in [1.165, 1.54) is 0 Å². The molecule has 0 spiro atoms. The average Bonchev–Trinajstić information content (AvgIpc) is 2.54. The van der Waals surface area contributed by atoms with Gasteiger partial charge >= 0.3 is 4.94 Å². The van der Waals surface area contributed by atoms with Crippen molar-refractivity contribution in [3.63, 3.8) is 0 Å². The van der Waals surface area contributed by atoms with Gasteiger partial charge in [-0.3, -0.25) is 0 Å². The maximum absolute atomic E-state index is 10.9. The van der Waals surface area contributed by atoms with Gasteiger partial charge in [0.2, 0.25) is 0 Å². The minimum atomic E-state index is -0.291. The third-order valence-electron chi connectivity index (χ3n) is 1.67. The Kier molecular flexibility index (Phi) is 2.37. The summed E-state index contributed by atoms with van der Waals surface area (Å²) < 4.78 is 11.0. The fourth-order valence-electron chi connectivity index (χ4n) is 1.10. The standard InChI is InChI=1S/C10H8O3S/c1-2-5-12-7-3-4-8-9(6-7)14-10(11)13-8/h2-4,6H,1,5H2. The summed E-state index contributed by atoms with van der Waals surface area (Å²) >= 11 is 1.07. The Hall–Kier alpha value is -1.55. The van der Waals surface area contributed by atoms with Gasteiger partial charge in [0.05, 0.1) is 4.70 Å². The van der Waals surface area contributed by atoms with Gasteiger partial charge in [0.15, 0.2) is 0 Å². The van der Waals surface area contributed by atoms with Gasteiger partial charge in [0, 0.05) is 6.07 Å². The van der Waals surface area contributed by atoms with Crippen molar-refractivity contribution >= 4 is 21.6 Å². The lowest BCUT2D eigenvalue weighted by atomic mass is 10.3. The molecular formula is C10H8O3S. The molecule has 14 heavy (non-hydrogen) atoms. The van der Waals surface area contributed by atoms with E-state index in [-0.39, 0.29) is 4.94 Å². The highest BCUT2D eigenvalue weighted by molar-refractivity contribution is 7.16. The monoisotopic (exact) mass is 208 g/mol. The summed E-state index contributed by atoms with van der Waals surface area (Å²) in [5.74, 6) is 0.717. The Morgan fingerprint density at radius 3 is 3.21 bits per heavy atom. The molecule has 1 aromatic heterocycles. The molecule has 0 fully saturated rings. The van der Waals surface area contributed by atoms with Gasteiger partial charge in [-0.2, -0.15) is 0 Å². The number of fused-ring (bicyclic) bond motifs is 1. The fraction of sp³-hybridized carbons (Fsp3) is 0.100. The van der Waals surface area contributed by atoms with Crippen molar-refractivity contribution < 1.29 is 9.15 Å². The summed E-state index contributed by atoms with van der Waals surface area (Å²) in [5.41, 5.74) is 0.603. The van der Waals surface area contributed by atoms with Crippen LogP contribution in [0.2, 0.25) is 0 Å². The predicted octanol–water partition coefficient (Wildman–Crippen LogP) is 2.42. The molecule has 0 amide bonds. The number of ether oxygens (including phenoxy) is 1. The lowest BCUT2D eigenvalue weighted by molar-refractivity contribution is 0.363. The molecule has 0 N–H and O–H groups in total. The van der Waals surface area contributed by atoms with E-state index in [1.807, 2.05) is 0 Å². The molecule has 0 saturated carbocycles. The van der Waals surface area contributed by atoms with Crippen molar-refractivity contribution in [3.8, 4) is 5.75 Å². The first kappa shape index (κ1) is 9.02. The van der Waals surface area contributed by atoms with Crippen LogP contribution in [0.5, 0.6) is 5.75 Å². The molecule has 0 aliphatic carbocycles. The zero-order valence-electron chi connectivity index (χ0n) is 7.36. The molecule has 1 aromatic carbocycles. The zero-order chi connectivity index (χ0) is 9.97. The lowest BCUT2D eigenvalue weighted by Gasteiger charge is -2.00. The highest BCUT2D eigenvalue weighted by Crippen LogP contribution is 2.22. The summed E-state index contributed by atoms with van der Waals surface area (Å²) in [7, 11) is 0. The fourth-order valence-corrected chi connectivity index (χ4v) is 1.79. The molecule has 0 radical (unpaired) electrons. The van der Waals surface area contributed by atoms with Crippen LogP contribution in [0.15, 0.2) is 40.1 Å². The topological polar surface area (TPSA) is 39.4 Å². The van der Waals surface area contributed by atoms with E-state index >= 15 is 0 Å². The van der Waals surface area contributed by atoms with Gasteiger partial charge in [-0.05, 0) is 12.1 Å². The second-order valence-electron chi connectivity index (χ2n) is 2.66. The quantitative estimate of drug-likeness (QED) is 0.727. The van der Waals surface area contributed by atoms with Crippen LogP contribution in [-0.4, -0.2) is 6.61 Å². The number of hydrogen-bond acceptors (Lipinski definition) is 4. The van der Waals surface area contributed by atoms with Crippen LogP contribution in [0.1, 0.15) is 0 Å². The first-order chi connectivity index (χ1) is 6.79. The molecule has 0 aliphatic heterocycles. The summed E-state index contributed by atoms with van der Waals surface area (Å²) in [4.78, 5) is 10.6. The molecule has 1 heterocycles. The van der Waals surface area contributed by atoms with Crippen LogP contribution in [0.4, 0.5) is 0 Å². The van der Waals surface area contributed by atoms with Gasteiger partial charge in [-0.15, -0.1) is 0 Å². The summed E-state index contributed by atoms with van der Waals surface area (Å²) in [6.07, 6.45) is 1.67. The second kappa shape index (κ2) is 3.67. The van der Waals surface area contributed by atoms with Crippen LogP contribution in [0.25, 0.3) is 10.3 Å². The summed E-state index contributed by atoms with van der Waals surface area (Å²) in [5, 5.41) is 0. The molecule has 3 nitrogen and oxygen atoms in total. The minimum Gasteiger partial charge on any atom is -0.489 e. The van der Waals surface area contributed by atoms with Gasteiger partial charge in [0.25, 0.3) is 0 Å². The SMILES string of the molecule is C=CCOc1ccc2oc(=O)sc2c1. The summed E-state index contributed by atoms with van der Waals surface area (Å²) in [6.45, 7) is 4.01. The van der Waals surface area contributed by atoms with Crippen LogP contribution < -0.4 is 9.68 Å². The third-order valence-corrected chi connectivity index (χ3v) is 2.46. The maximum atomic E-state index is 10.9. The smallest absolute Gasteiger partial charge is 0.396 e. The predicted molar refractivity (Wildman–Crippen MR) is 56.1 cm³/mol. The molecule has 72 valence electrons. The lowest BCUT2D eigenvalue weighted by Crippen LogP contribution is -1.91. The second-order valence-corrected chi connectivity index (χ2v) is 3.64. The average molecular weight is 208 g/mol.